The summed E-state index contributed by atoms with van der Waals surface area (Å²) in [5, 5.41) is 11.5. The van der Waals surface area contributed by atoms with E-state index < -0.39 is 94.2 Å². The second kappa shape index (κ2) is 24.2. The molecule has 6 atom stereocenters. The number of ketones is 4. The molecule has 17 heteroatoms. The van der Waals surface area contributed by atoms with E-state index in [1.54, 1.807) is 65.2 Å². The topological polar surface area (TPSA) is 234 Å². The number of Topliss-reactive ketones (excluding diaryl/α,β-unsaturated/α-hetero) is 4. The first kappa shape index (κ1) is 53.7. The minimum absolute atomic E-state index is 0.0587. The molecule has 1 aromatic carbocycles. The largest absolute Gasteiger partial charge is 0.351 e. The van der Waals surface area contributed by atoms with E-state index in [1.165, 1.54) is 28.4 Å². The number of carbonyl (C=O) groups is 9. The molecule has 2 aromatic rings. The zero-order valence-electron chi connectivity index (χ0n) is 40.8. The average Bonchev–Trinajstić information content (AvgIpc) is 3.71. The number of benzene rings is 1. The summed E-state index contributed by atoms with van der Waals surface area (Å²) in [5.41, 5.74) is -0.802. The Balaban J connectivity index is 1.54. The molecule has 2 heterocycles. The number of anilines is 1. The number of hydrogen-bond acceptors (Lipinski definition) is 11. The monoisotopic (exact) mass is 929 g/mol. The SMILES string of the molecule is CCC[C@H](CC(=O)[C@@H]1CN(C(=O)Nc2ccccc2)C[C@@H]1NC(=O)[C@@H](CC(=O)[C@@H](NC(=O)c1cnccn1)C1CCCCC1)C(C)(C)C)C(=O)C(=O)CCC(=O)N[C@H](C(=O)N(C)C)C(C)(C)C. The van der Waals surface area contributed by atoms with E-state index in [-0.39, 0.29) is 62.1 Å². The van der Waals surface area contributed by atoms with Crippen molar-refractivity contribution in [3.05, 3.63) is 54.6 Å². The predicted octanol–water partition coefficient (Wildman–Crippen LogP) is 5.34. The lowest BCUT2D eigenvalue weighted by molar-refractivity contribution is -0.141. The van der Waals surface area contributed by atoms with Crippen LogP contribution in [0.3, 0.4) is 0 Å². The van der Waals surface area contributed by atoms with Crippen molar-refractivity contribution in [2.24, 2.45) is 34.5 Å². The molecule has 2 fully saturated rings. The van der Waals surface area contributed by atoms with Crippen LogP contribution in [0.15, 0.2) is 48.9 Å². The highest BCUT2D eigenvalue weighted by Gasteiger charge is 2.45. The number of rotatable bonds is 21. The highest BCUT2D eigenvalue weighted by Crippen LogP contribution is 2.34. The average molecular weight is 929 g/mol. The second-order valence-electron chi connectivity index (χ2n) is 20.5. The predicted molar refractivity (Wildman–Crippen MR) is 252 cm³/mol. The number of aromatic nitrogens is 2. The number of nitrogens with one attached hydrogen (secondary N) is 4. The Morgan fingerprint density at radius 1 is 0.821 bits per heavy atom. The first-order valence-electron chi connectivity index (χ1n) is 23.6. The van der Waals surface area contributed by atoms with Crippen molar-refractivity contribution in [2.75, 3.05) is 32.5 Å². The molecule has 0 unspecified atom stereocenters. The number of amides is 6. The minimum atomic E-state index is -1.01. The van der Waals surface area contributed by atoms with Crippen LogP contribution in [-0.4, -0.2) is 118 Å². The van der Waals surface area contributed by atoms with Gasteiger partial charge in [-0.15, -0.1) is 0 Å². The lowest BCUT2D eigenvalue weighted by Crippen LogP contribution is -2.53. The molecule has 0 bridgehead atoms. The Hall–Kier alpha value is -5.87. The molecule has 1 saturated heterocycles. The Bertz CT molecular complexity index is 2080. The fourth-order valence-corrected chi connectivity index (χ4v) is 8.92. The zero-order valence-corrected chi connectivity index (χ0v) is 40.8. The third-order valence-electron chi connectivity index (χ3n) is 12.9. The lowest BCUT2D eigenvalue weighted by atomic mass is 9.74. The van der Waals surface area contributed by atoms with Gasteiger partial charge in [0.2, 0.25) is 23.5 Å². The number of para-hydroxylation sites is 1. The smallest absolute Gasteiger partial charge is 0.321 e. The second-order valence-corrected chi connectivity index (χ2v) is 20.5. The van der Waals surface area contributed by atoms with Gasteiger partial charge in [-0.3, -0.25) is 43.3 Å². The number of carbonyl (C=O) groups excluding carboxylic acids is 9. The van der Waals surface area contributed by atoms with Crippen LogP contribution in [0, 0.1) is 34.5 Å². The van der Waals surface area contributed by atoms with Crippen molar-refractivity contribution in [2.45, 2.75) is 137 Å². The molecule has 4 N–H and O–H groups in total. The van der Waals surface area contributed by atoms with Crippen molar-refractivity contribution < 1.29 is 43.2 Å². The van der Waals surface area contributed by atoms with Gasteiger partial charge >= 0.3 is 6.03 Å². The summed E-state index contributed by atoms with van der Waals surface area (Å²) in [7, 11) is 3.16. The molecule has 2 aliphatic rings. The van der Waals surface area contributed by atoms with E-state index in [1.807, 2.05) is 27.7 Å². The highest BCUT2D eigenvalue weighted by molar-refractivity contribution is 6.38. The first-order chi connectivity index (χ1) is 31.5. The van der Waals surface area contributed by atoms with E-state index in [9.17, 15) is 43.2 Å². The van der Waals surface area contributed by atoms with Gasteiger partial charge in [0.1, 0.15) is 17.5 Å². The summed E-state index contributed by atoms with van der Waals surface area (Å²) in [6, 6.07) is 5.60. The molecule has 1 aliphatic carbocycles. The standard InChI is InChI=1S/C50H72N8O9/c1-10-17-32(43(63)38(59)22-23-41(62)55-44(50(5,6)7)47(66)57(8)9)26-39(60)34-29-58(48(67)53-33-20-15-12-16-21-33)30-37(34)54-45(64)35(49(2,3)4)27-40(61)42(31-18-13-11-14-19-31)56-46(65)36-28-51-24-25-52-36/h12,15-16,20-21,24-25,28,31-32,34-35,37,42,44H,10-11,13-14,17-19,22-23,26-27,29-30H2,1-9H3,(H,53,67)(H,54,64)(H,55,62)(H,56,65)/t32-,34-,35-,37+,42+,44-/m1/s1. The van der Waals surface area contributed by atoms with Crippen molar-refractivity contribution >= 4 is 58.5 Å². The maximum atomic E-state index is 14.5. The summed E-state index contributed by atoms with van der Waals surface area (Å²) in [6.45, 7) is 12.6. The van der Waals surface area contributed by atoms with Gasteiger partial charge in [0.25, 0.3) is 5.91 Å². The maximum absolute atomic E-state index is 14.5. The van der Waals surface area contributed by atoms with E-state index in [0.717, 1.165) is 32.1 Å². The highest BCUT2D eigenvalue weighted by atomic mass is 16.2. The number of urea groups is 1. The van der Waals surface area contributed by atoms with Crippen LogP contribution in [-0.2, 0) is 33.6 Å². The molecule has 4 rings (SSSR count). The summed E-state index contributed by atoms with van der Waals surface area (Å²) in [5.74, 6) is -7.29. The Kier molecular flexibility index (Phi) is 19.4. The fourth-order valence-electron chi connectivity index (χ4n) is 8.92. The molecule has 17 nitrogen and oxygen atoms in total. The minimum Gasteiger partial charge on any atom is -0.351 e. The zero-order chi connectivity index (χ0) is 49.6. The molecule has 366 valence electrons. The van der Waals surface area contributed by atoms with Crippen LogP contribution in [0.5, 0.6) is 0 Å². The molecule has 67 heavy (non-hydrogen) atoms. The molecule has 0 spiro atoms. The van der Waals surface area contributed by atoms with Crippen LogP contribution in [0.1, 0.15) is 130 Å². The molecule has 1 saturated carbocycles. The van der Waals surface area contributed by atoms with Gasteiger partial charge in [0.05, 0.1) is 24.2 Å². The van der Waals surface area contributed by atoms with E-state index >= 15 is 0 Å². The summed E-state index contributed by atoms with van der Waals surface area (Å²) in [4.78, 5) is 134. The van der Waals surface area contributed by atoms with Crippen molar-refractivity contribution in [1.82, 2.24) is 35.7 Å². The summed E-state index contributed by atoms with van der Waals surface area (Å²) < 4.78 is 0. The van der Waals surface area contributed by atoms with Gasteiger partial charge in [-0.1, -0.05) is 92.3 Å². The van der Waals surface area contributed by atoms with Crippen LogP contribution >= 0.6 is 0 Å². The van der Waals surface area contributed by atoms with Crippen LogP contribution in [0.4, 0.5) is 10.5 Å². The van der Waals surface area contributed by atoms with Crippen LogP contribution in [0.2, 0.25) is 0 Å². The number of nitrogens with zero attached hydrogens (tertiary/aromatic N) is 4. The number of likely N-dealkylation sites (tertiary alicyclic amines) is 1. The van der Waals surface area contributed by atoms with Crippen molar-refractivity contribution in [3.63, 3.8) is 0 Å². The molecule has 6 amide bonds. The molecule has 1 aromatic heterocycles. The van der Waals surface area contributed by atoms with E-state index in [0.29, 0.717) is 12.1 Å². The van der Waals surface area contributed by atoms with Gasteiger partial charge in [0, 0.05) is 82.8 Å². The quantitative estimate of drug-likeness (QED) is 0.117. The lowest BCUT2D eigenvalue weighted by Gasteiger charge is -2.34. The van der Waals surface area contributed by atoms with Gasteiger partial charge in [-0.25, -0.2) is 9.78 Å². The van der Waals surface area contributed by atoms with Crippen LogP contribution < -0.4 is 21.3 Å². The van der Waals surface area contributed by atoms with Gasteiger partial charge in [-0.05, 0) is 48.1 Å². The molecule has 1 aliphatic heterocycles. The molecular weight excluding hydrogens is 857 g/mol. The van der Waals surface area contributed by atoms with E-state index in [4.69, 9.17) is 0 Å². The third kappa shape index (κ3) is 15.6. The first-order valence-corrected chi connectivity index (χ1v) is 23.6. The summed E-state index contributed by atoms with van der Waals surface area (Å²) >= 11 is 0. The third-order valence-corrected chi connectivity index (χ3v) is 12.9. The fraction of sp³-hybridized carbons (Fsp3) is 0.620. The Morgan fingerprint density at radius 3 is 2.07 bits per heavy atom. The van der Waals surface area contributed by atoms with Crippen molar-refractivity contribution in [1.29, 1.82) is 0 Å². The number of likely N-dealkylation sites (N-methyl/N-ethyl adjacent to an activating group) is 1. The Morgan fingerprint density at radius 2 is 1.49 bits per heavy atom. The maximum Gasteiger partial charge on any atom is 0.321 e. The molecular formula is C50H72N8O9. The van der Waals surface area contributed by atoms with Gasteiger partial charge in [0.15, 0.2) is 11.6 Å². The Labute approximate surface area is 395 Å². The summed E-state index contributed by atoms with van der Waals surface area (Å²) in [6.07, 6.45) is 7.83. The number of hydrogen-bond donors (Lipinski definition) is 4. The van der Waals surface area contributed by atoms with Crippen molar-refractivity contribution in [3.8, 4) is 0 Å². The van der Waals surface area contributed by atoms with Gasteiger partial charge in [-0.2, -0.15) is 0 Å². The van der Waals surface area contributed by atoms with Gasteiger partial charge < -0.3 is 31.1 Å². The van der Waals surface area contributed by atoms with E-state index in [2.05, 4.69) is 31.2 Å². The van der Waals surface area contributed by atoms with Crippen LogP contribution in [0.25, 0.3) is 0 Å². The normalized spacial score (nSPS) is 18.4. The molecule has 0 radical (unpaired) electrons.